The first kappa shape index (κ1) is 15.3. The van der Waals surface area contributed by atoms with E-state index in [0.717, 1.165) is 23.5 Å². The second kappa shape index (κ2) is 5.22. The van der Waals surface area contributed by atoms with Crippen molar-refractivity contribution in [1.29, 1.82) is 0 Å². The van der Waals surface area contributed by atoms with Gasteiger partial charge in [-0.3, -0.25) is 4.57 Å². The highest BCUT2D eigenvalue weighted by atomic mass is 79.9. The Hall–Kier alpha value is -1.63. The predicted molar refractivity (Wildman–Crippen MR) is 78.4 cm³/mol. The lowest BCUT2D eigenvalue weighted by molar-refractivity contribution is -0.138. The normalized spacial score (nSPS) is 14.9. The minimum Gasteiger partial charge on any atom is -0.494 e. The zero-order valence-corrected chi connectivity index (χ0v) is 13.0. The van der Waals surface area contributed by atoms with Gasteiger partial charge in [-0.1, -0.05) is 15.9 Å². The van der Waals surface area contributed by atoms with E-state index in [0.29, 0.717) is 24.0 Å². The van der Waals surface area contributed by atoms with Gasteiger partial charge < -0.3 is 10.2 Å². The molecule has 0 atom stereocenters. The van der Waals surface area contributed by atoms with Gasteiger partial charge in [0, 0.05) is 15.6 Å². The number of halogens is 4. The molecule has 0 fully saturated rings. The van der Waals surface area contributed by atoms with Crippen molar-refractivity contribution in [3.63, 3.8) is 0 Å². The fourth-order valence-electron chi connectivity index (χ4n) is 2.88. The molecule has 7 heteroatoms. The van der Waals surface area contributed by atoms with Crippen LogP contribution in [0.4, 0.5) is 13.2 Å². The van der Waals surface area contributed by atoms with Crippen molar-refractivity contribution in [3.8, 4) is 17.4 Å². The van der Waals surface area contributed by atoms with Gasteiger partial charge in [0.25, 0.3) is 0 Å². The first-order chi connectivity index (χ1) is 10.3. The summed E-state index contributed by atoms with van der Waals surface area (Å²) in [7, 11) is 0. The van der Waals surface area contributed by atoms with Gasteiger partial charge in [0.15, 0.2) is 0 Å². The summed E-state index contributed by atoms with van der Waals surface area (Å²) in [5.74, 6) is -0.356. The molecule has 118 valence electrons. The molecule has 0 bridgehead atoms. The molecule has 22 heavy (non-hydrogen) atoms. The van der Waals surface area contributed by atoms with Crippen molar-refractivity contribution in [2.75, 3.05) is 0 Å². The molecule has 0 spiro atoms. The molecule has 2 aromatic rings. The number of fused-ring (bicyclic) bond motifs is 1. The number of alkyl halides is 3. The molecule has 1 aromatic heterocycles. The quantitative estimate of drug-likeness (QED) is 0.767. The molecule has 1 heterocycles. The molecule has 0 amide bonds. The Morgan fingerprint density at radius 3 is 2.05 bits per heavy atom. The maximum atomic E-state index is 13.0. The van der Waals surface area contributed by atoms with Crippen molar-refractivity contribution < 1.29 is 23.4 Å². The average Bonchev–Trinajstić information content (AvgIpc) is 2.71. The number of nitrogens with zero attached hydrogens (tertiary/aromatic N) is 1. The number of hydrogen-bond donors (Lipinski definition) is 2. The summed E-state index contributed by atoms with van der Waals surface area (Å²) in [4.78, 5) is 0. The highest BCUT2D eigenvalue weighted by molar-refractivity contribution is 9.10. The highest BCUT2D eigenvalue weighted by Gasteiger charge is 2.34. The maximum Gasteiger partial charge on any atom is 0.417 e. The number of rotatable bonds is 1. The minimum atomic E-state index is -4.52. The van der Waals surface area contributed by atoms with Crippen LogP contribution in [-0.2, 0) is 19.0 Å². The van der Waals surface area contributed by atoms with E-state index in [-0.39, 0.29) is 21.9 Å². The van der Waals surface area contributed by atoms with Crippen LogP contribution < -0.4 is 0 Å². The smallest absolute Gasteiger partial charge is 0.417 e. The summed E-state index contributed by atoms with van der Waals surface area (Å²) in [6.07, 6.45) is -1.52. The second-order valence-corrected chi connectivity index (χ2v) is 6.16. The van der Waals surface area contributed by atoms with Gasteiger partial charge in [-0.15, -0.1) is 0 Å². The van der Waals surface area contributed by atoms with Crippen LogP contribution in [0.2, 0.25) is 0 Å². The van der Waals surface area contributed by atoms with Crippen LogP contribution in [0.15, 0.2) is 22.7 Å². The number of hydrogen-bond acceptors (Lipinski definition) is 2. The first-order valence-electron chi connectivity index (χ1n) is 6.82. The zero-order chi connectivity index (χ0) is 16.1. The van der Waals surface area contributed by atoms with Crippen LogP contribution >= 0.6 is 15.9 Å². The summed E-state index contributed by atoms with van der Waals surface area (Å²) >= 11 is 2.88. The molecular formula is C15H13BrF3NO2. The third-order valence-corrected chi connectivity index (χ3v) is 4.64. The van der Waals surface area contributed by atoms with Gasteiger partial charge >= 0.3 is 6.18 Å². The summed E-state index contributed by atoms with van der Waals surface area (Å²) in [6.45, 7) is 0. The van der Waals surface area contributed by atoms with Gasteiger partial charge in [-0.2, -0.15) is 13.2 Å². The molecule has 2 N–H and O–H groups in total. The van der Waals surface area contributed by atoms with E-state index in [4.69, 9.17) is 0 Å². The van der Waals surface area contributed by atoms with Crippen molar-refractivity contribution in [1.82, 2.24) is 4.57 Å². The van der Waals surface area contributed by atoms with Crippen LogP contribution in [-0.4, -0.2) is 14.8 Å². The third-order valence-electron chi connectivity index (χ3n) is 3.94. The zero-order valence-electron chi connectivity index (χ0n) is 11.4. The van der Waals surface area contributed by atoms with E-state index < -0.39 is 11.7 Å². The lowest BCUT2D eigenvalue weighted by Gasteiger charge is -2.13. The third kappa shape index (κ3) is 2.37. The van der Waals surface area contributed by atoms with Gasteiger partial charge in [-0.05, 0) is 43.9 Å². The summed E-state index contributed by atoms with van der Waals surface area (Å²) in [5, 5.41) is 20.6. The average molecular weight is 376 g/mol. The van der Waals surface area contributed by atoms with E-state index in [1.54, 1.807) is 0 Å². The molecule has 0 aliphatic heterocycles. The van der Waals surface area contributed by atoms with Crippen LogP contribution in [0.1, 0.15) is 29.5 Å². The van der Waals surface area contributed by atoms with E-state index in [2.05, 4.69) is 15.9 Å². The Kier molecular flexibility index (Phi) is 3.63. The Bertz CT molecular complexity index is 708. The van der Waals surface area contributed by atoms with Crippen LogP contribution in [0.5, 0.6) is 11.8 Å². The number of benzene rings is 1. The number of aromatic nitrogens is 1. The summed E-state index contributed by atoms with van der Waals surface area (Å²) < 4.78 is 40.0. The molecule has 1 aromatic carbocycles. The Balaban J connectivity index is 2.19. The van der Waals surface area contributed by atoms with Crippen LogP contribution in [0.3, 0.4) is 0 Å². The molecule has 3 rings (SSSR count). The fraction of sp³-hybridized carbons (Fsp3) is 0.333. The summed E-state index contributed by atoms with van der Waals surface area (Å²) in [5.41, 5.74) is 0.482. The first-order valence-corrected chi connectivity index (χ1v) is 7.61. The molecule has 0 saturated carbocycles. The molecule has 1 aliphatic carbocycles. The van der Waals surface area contributed by atoms with Crippen molar-refractivity contribution >= 4 is 15.9 Å². The van der Waals surface area contributed by atoms with Gasteiger partial charge in [-0.25, -0.2) is 0 Å². The van der Waals surface area contributed by atoms with Crippen molar-refractivity contribution in [3.05, 3.63) is 39.4 Å². The molecule has 3 nitrogen and oxygen atoms in total. The highest BCUT2D eigenvalue weighted by Crippen LogP contribution is 2.42. The van der Waals surface area contributed by atoms with E-state index >= 15 is 0 Å². The van der Waals surface area contributed by atoms with Crippen LogP contribution in [0.25, 0.3) is 5.69 Å². The topological polar surface area (TPSA) is 45.4 Å². The maximum absolute atomic E-state index is 13.0. The largest absolute Gasteiger partial charge is 0.494 e. The predicted octanol–water partition coefficient (Wildman–Crippen LogP) is 4.55. The minimum absolute atomic E-state index is 0.0833. The number of aromatic hydroxyl groups is 2. The monoisotopic (exact) mass is 375 g/mol. The van der Waals surface area contributed by atoms with E-state index in [1.165, 1.54) is 12.1 Å². The molecular weight excluding hydrogens is 363 g/mol. The van der Waals surface area contributed by atoms with Gasteiger partial charge in [0.1, 0.15) is 0 Å². The Labute approximate surface area is 133 Å². The molecule has 1 aliphatic rings. The molecule has 0 unspecified atom stereocenters. The van der Waals surface area contributed by atoms with Gasteiger partial charge in [0.05, 0.1) is 11.3 Å². The van der Waals surface area contributed by atoms with Crippen molar-refractivity contribution in [2.45, 2.75) is 31.9 Å². The summed E-state index contributed by atoms with van der Waals surface area (Å²) in [6, 6.07) is 3.59. The standard InChI is InChI=1S/C15H13BrF3NO2/c16-12-6-5-8(7-11(12)15(17,18)19)20-13(21)9-3-1-2-4-10(9)14(20)22/h5-7,21-22H,1-4H2. The SMILES string of the molecule is Oc1c2c(c(O)n1-c1ccc(Br)c(C(F)(F)F)c1)CCCC2. The molecule has 0 saturated heterocycles. The Morgan fingerprint density at radius 1 is 1.00 bits per heavy atom. The van der Waals surface area contributed by atoms with E-state index in [1.807, 2.05) is 0 Å². The van der Waals surface area contributed by atoms with Crippen molar-refractivity contribution in [2.24, 2.45) is 0 Å². The van der Waals surface area contributed by atoms with E-state index in [9.17, 15) is 23.4 Å². The Morgan fingerprint density at radius 2 is 1.55 bits per heavy atom. The lowest BCUT2D eigenvalue weighted by Crippen LogP contribution is -2.07. The fourth-order valence-corrected chi connectivity index (χ4v) is 3.35. The second-order valence-electron chi connectivity index (χ2n) is 5.31. The lowest BCUT2D eigenvalue weighted by atomic mass is 9.95. The molecule has 0 radical (unpaired) electrons. The van der Waals surface area contributed by atoms with Crippen LogP contribution in [0, 0.1) is 0 Å². The van der Waals surface area contributed by atoms with Gasteiger partial charge in [0.2, 0.25) is 11.8 Å².